The van der Waals surface area contributed by atoms with Crippen LogP contribution in [-0.2, 0) is 12.0 Å². The third-order valence-corrected chi connectivity index (χ3v) is 3.49. The van der Waals surface area contributed by atoms with Crippen LogP contribution in [0.5, 0.6) is 11.5 Å². The van der Waals surface area contributed by atoms with Crippen LogP contribution in [-0.4, -0.2) is 7.11 Å². The second-order valence-corrected chi connectivity index (χ2v) is 6.42. The Morgan fingerprint density at radius 3 is 2.10 bits per heavy atom. The van der Waals surface area contributed by atoms with Gasteiger partial charge in [0.1, 0.15) is 18.1 Å². The summed E-state index contributed by atoms with van der Waals surface area (Å²) in [4.78, 5) is 0. The van der Waals surface area contributed by atoms with Crippen molar-refractivity contribution in [3.05, 3.63) is 59.2 Å². The summed E-state index contributed by atoms with van der Waals surface area (Å²) in [5, 5.41) is 0. The molecule has 0 aliphatic heterocycles. The maximum atomic E-state index is 5.86. The molecule has 0 aliphatic carbocycles. The monoisotopic (exact) mass is 284 g/mol. The van der Waals surface area contributed by atoms with Gasteiger partial charge in [-0.1, -0.05) is 45.0 Å². The van der Waals surface area contributed by atoms with Gasteiger partial charge in [0, 0.05) is 6.07 Å². The van der Waals surface area contributed by atoms with E-state index in [-0.39, 0.29) is 5.41 Å². The lowest BCUT2D eigenvalue weighted by atomic mass is 9.87. The van der Waals surface area contributed by atoms with Gasteiger partial charge in [-0.15, -0.1) is 0 Å². The molecule has 2 aromatic carbocycles. The van der Waals surface area contributed by atoms with E-state index in [1.165, 1.54) is 11.1 Å². The Bertz CT molecular complexity index is 592. The lowest BCUT2D eigenvalue weighted by molar-refractivity contribution is 0.303. The lowest BCUT2D eigenvalue weighted by Gasteiger charge is -2.19. The molecule has 0 bridgehead atoms. The molecule has 0 spiro atoms. The first-order valence-electron chi connectivity index (χ1n) is 7.26. The van der Waals surface area contributed by atoms with E-state index >= 15 is 0 Å². The molecule has 0 aliphatic rings. The highest BCUT2D eigenvalue weighted by atomic mass is 16.5. The van der Waals surface area contributed by atoms with E-state index in [9.17, 15) is 0 Å². The van der Waals surface area contributed by atoms with Crippen molar-refractivity contribution >= 4 is 0 Å². The standard InChI is InChI=1S/C19H24O2/c1-14-10-17(20-5)12-18(11-14)21-13-15-6-8-16(9-7-15)19(2,3)4/h6-12H,13H2,1-5H3. The van der Waals surface area contributed by atoms with Crippen molar-refractivity contribution in [1.29, 1.82) is 0 Å². The first kappa shape index (κ1) is 15.4. The molecule has 0 saturated carbocycles. The van der Waals surface area contributed by atoms with Crippen LogP contribution in [0.2, 0.25) is 0 Å². The number of aryl methyl sites for hydroxylation is 1. The Morgan fingerprint density at radius 2 is 1.52 bits per heavy atom. The zero-order valence-corrected chi connectivity index (χ0v) is 13.6. The minimum atomic E-state index is 0.184. The van der Waals surface area contributed by atoms with Gasteiger partial charge in [0.25, 0.3) is 0 Å². The fourth-order valence-electron chi connectivity index (χ4n) is 2.18. The maximum Gasteiger partial charge on any atom is 0.123 e. The number of hydrogen-bond donors (Lipinski definition) is 0. The summed E-state index contributed by atoms with van der Waals surface area (Å²) in [6, 6.07) is 14.5. The van der Waals surface area contributed by atoms with Gasteiger partial charge in [-0.05, 0) is 41.2 Å². The summed E-state index contributed by atoms with van der Waals surface area (Å²) >= 11 is 0. The van der Waals surface area contributed by atoms with Crippen LogP contribution in [0.3, 0.4) is 0 Å². The Morgan fingerprint density at radius 1 is 0.905 bits per heavy atom. The van der Waals surface area contributed by atoms with Crippen LogP contribution in [0.4, 0.5) is 0 Å². The average molecular weight is 284 g/mol. The predicted molar refractivity (Wildman–Crippen MR) is 87.2 cm³/mol. The van der Waals surface area contributed by atoms with Crippen molar-refractivity contribution in [2.24, 2.45) is 0 Å². The van der Waals surface area contributed by atoms with Crippen LogP contribution in [0.15, 0.2) is 42.5 Å². The van der Waals surface area contributed by atoms with Crippen LogP contribution in [0.1, 0.15) is 37.5 Å². The normalized spacial score (nSPS) is 11.3. The quantitative estimate of drug-likeness (QED) is 0.796. The molecule has 0 fully saturated rings. The highest BCUT2D eigenvalue weighted by Gasteiger charge is 2.12. The fourth-order valence-corrected chi connectivity index (χ4v) is 2.18. The zero-order chi connectivity index (χ0) is 15.5. The Labute approximate surface area is 127 Å². The highest BCUT2D eigenvalue weighted by Crippen LogP contribution is 2.24. The van der Waals surface area contributed by atoms with Gasteiger partial charge in [-0.25, -0.2) is 0 Å². The van der Waals surface area contributed by atoms with E-state index in [0.29, 0.717) is 6.61 Å². The molecule has 0 atom stereocenters. The molecule has 112 valence electrons. The number of benzene rings is 2. The summed E-state index contributed by atoms with van der Waals surface area (Å²) in [6.07, 6.45) is 0. The van der Waals surface area contributed by atoms with Gasteiger partial charge in [-0.3, -0.25) is 0 Å². The van der Waals surface area contributed by atoms with Gasteiger partial charge in [0.05, 0.1) is 7.11 Å². The molecule has 0 heterocycles. The minimum absolute atomic E-state index is 0.184. The molecule has 2 aromatic rings. The van der Waals surface area contributed by atoms with Crippen molar-refractivity contribution < 1.29 is 9.47 Å². The summed E-state index contributed by atoms with van der Waals surface area (Å²) in [5.41, 5.74) is 3.82. The van der Waals surface area contributed by atoms with Crippen LogP contribution >= 0.6 is 0 Å². The fraction of sp³-hybridized carbons (Fsp3) is 0.368. The molecule has 0 saturated heterocycles. The zero-order valence-electron chi connectivity index (χ0n) is 13.6. The molecule has 0 N–H and O–H groups in total. The summed E-state index contributed by atoms with van der Waals surface area (Å²) in [5.74, 6) is 1.67. The SMILES string of the molecule is COc1cc(C)cc(OCc2ccc(C(C)(C)C)cc2)c1. The largest absolute Gasteiger partial charge is 0.497 e. The number of rotatable bonds is 4. The molecular weight excluding hydrogens is 260 g/mol. The second kappa shape index (κ2) is 6.21. The third kappa shape index (κ3) is 4.25. The van der Waals surface area contributed by atoms with Crippen LogP contribution < -0.4 is 9.47 Å². The maximum absolute atomic E-state index is 5.86. The van der Waals surface area contributed by atoms with Gasteiger partial charge in [-0.2, -0.15) is 0 Å². The molecule has 0 aromatic heterocycles. The first-order valence-corrected chi connectivity index (χ1v) is 7.26. The van der Waals surface area contributed by atoms with Crippen LogP contribution in [0, 0.1) is 6.92 Å². The molecule has 2 rings (SSSR count). The lowest BCUT2D eigenvalue weighted by Crippen LogP contribution is -2.10. The van der Waals surface area contributed by atoms with E-state index < -0.39 is 0 Å². The summed E-state index contributed by atoms with van der Waals surface area (Å²) < 4.78 is 11.1. The molecule has 0 unspecified atom stereocenters. The molecule has 0 amide bonds. The Hall–Kier alpha value is -1.96. The van der Waals surface area contributed by atoms with Crippen molar-refractivity contribution in [3.8, 4) is 11.5 Å². The third-order valence-electron chi connectivity index (χ3n) is 3.49. The molecule has 0 radical (unpaired) electrons. The van der Waals surface area contributed by atoms with E-state index in [0.717, 1.165) is 17.1 Å². The van der Waals surface area contributed by atoms with Gasteiger partial charge >= 0.3 is 0 Å². The van der Waals surface area contributed by atoms with Crippen molar-refractivity contribution in [1.82, 2.24) is 0 Å². The van der Waals surface area contributed by atoms with Crippen molar-refractivity contribution in [2.45, 2.75) is 39.7 Å². The summed E-state index contributed by atoms with van der Waals surface area (Å²) in [7, 11) is 1.67. The summed E-state index contributed by atoms with van der Waals surface area (Å²) in [6.45, 7) is 9.26. The Kier molecular flexibility index (Phi) is 4.56. The number of hydrogen-bond acceptors (Lipinski definition) is 2. The minimum Gasteiger partial charge on any atom is -0.497 e. The van der Waals surface area contributed by atoms with Gasteiger partial charge < -0.3 is 9.47 Å². The molecule has 21 heavy (non-hydrogen) atoms. The number of ether oxygens (including phenoxy) is 2. The van der Waals surface area contributed by atoms with Gasteiger partial charge in [0.15, 0.2) is 0 Å². The van der Waals surface area contributed by atoms with Crippen molar-refractivity contribution in [2.75, 3.05) is 7.11 Å². The van der Waals surface area contributed by atoms with Crippen LogP contribution in [0.25, 0.3) is 0 Å². The average Bonchev–Trinajstić information content (AvgIpc) is 2.44. The molecular formula is C19H24O2. The van der Waals surface area contributed by atoms with E-state index in [2.05, 4.69) is 45.0 Å². The molecule has 2 heteroatoms. The smallest absolute Gasteiger partial charge is 0.123 e. The van der Waals surface area contributed by atoms with Gasteiger partial charge in [0.2, 0.25) is 0 Å². The van der Waals surface area contributed by atoms with E-state index in [1.807, 2.05) is 25.1 Å². The van der Waals surface area contributed by atoms with Crippen molar-refractivity contribution in [3.63, 3.8) is 0 Å². The second-order valence-electron chi connectivity index (χ2n) is 6.42. The number of methoxy groups -OCH3 is 1. The van der Waals surface area contributed by atoms with E-state index in [4.69, 9.17) is 9.47 Å². The topological polar surface area (TPSA) is 18.5 Å². The highest BCUT2D eigenvalue weighted by molar-refractivity contribution is 5.38. The molecule has 2 nitrogen and oxygen atoms in total. The first-order chi connectivity index (χ1) is 9.88. The van der Waals surface area contributed by atoms with E-state index in [1.54, 1.807) is 7.11 Å². The predicted octanol–water partition coefficient (Wildman–Crippen LogP) is 4.88. The Balaban J connectivity index is 2.05.